The van der Waals surface area contributed by atoms with Gasteiger partial charge in [0.15, 0.2) is 0 Å². The molecule has 0 bridgehead atoms. The fourth-order valence-corrected chi connectivity index (χ4v) is 7.79. The molecule has 4 aromatic rings. The summed E-state index contributed by atoms with van der Waals surface area (Å²) in [6, 6.07) is 10.8. The third-order valence-electron chi connectivity index (χ3n) is 11.9. The van der Waals surface area contributed by atoms with E-state index in [2.05, 4.69) is 63.9 Å². The lowest BCUT2D eigenvalue weighted by molar-refractivity contribution is -0.140. The van der Waals surface area contributed by atoms with E-state index in [4.69, 9.17) is 9.72 Å². The van der Waals surface area contributed by atoms with Crippen molar-refractivity contribution >= 4 is 64.2 Å². The van der Waals surface area contributed by atoms with Crippen molar-refractivity contribution in [3.05, 3.63) is 130 Å². The van der Waals surface area contributed by atoms with Gasteiger partial charge in [0.2, 0.25) is 35.4 Å². The van der Waals surface area contributed by atoms with E-state index in [9.17, 15) is 47.9 Å². The number of fused-ring (bicyclic) bond motifs is 2. The van der Waals surface area contributed by atoms with Crippen molar-refractivity contribution in [3.63, 3.8) is 0 Å². The number of unbranched alkanes of at least 4 members (excludes halogenated alkanes) is 2. The quantitative estimate of drug-likeness (QED) is 0.0209. The van der Waals surface area contributed by atoms with Gasteiger partial charge in [0.1, 0.15) is 36.2 Å². The lowest BCUT2D eigenvalue weighted by Gasteiger charge is -2.19. The number of carbonyl (C=O) groups is 8. The van der Waals surface area contributed by atoms with Crippen LogP contribution in [0.4, 0.5) is 4.39 Å². The smallest absolute Gasteiger partial charge is 0.252 e. The maximum atomic E-state index is 15.0. The van der Waals surface area contributed by atoms with Crippen LogP contribution in [-0.2, 0) is 69.1 Å². The third kappa shape index (κ3) is 20.8. The number of aldehydes is 1. The summed E-state index contributed by atoms with van der Waals surface area (Å²) in [4.78, 5) is 108. The minimum atomic E-state index is -1.13. The number of nitrogens with one attached hydrogen (secondary N) is 5. The van der Waals surface area contributed by atoms with E-state index in [0.29, 0.717) is 82.4 Å². The number of aromatic nitrogens is 4. The van der Waals surface area contributed by atoms with Crippen molar-refractivity contribution < 1.29 is 52.6 Å². The molecule has 0 saturated heterocycles. The summed E-state index contributed by atoms with van der Waals surface area (Å²) in [6.45, 7) is 18.9. The summed E-state index contributed by atoms with van der Waals surface area (Å²) in [5, 5.41) is 31.3. The van der Waals surface area contributed by atoms with Crippen LogP contribution in [0.3, 0.4) is 0 Å². The zero-order valence-electron chi connectivity index (χ0n) is 46.6. The number of amides is 7. The van der Waals surface area contributed by atoms with Crippen LogP contribution in [0.5, 0.6) is 0 Å². The Hall–Kier alpha value is -8.40. The number of imide groups is 1. The normalized spacial score (nSPS) is 12.5. The molecule has 5 rings (SSSR count). The van der Waals surface area contributed by atoms with Gasteiger partial charge in [-0.2, -0.15) is 0 Å². The van der Waals surface area contributed by atoms with Crippen molar-refractivity contribution in [3.8, 4) is 0 Å². The Labute approximate surface area is 461 Å². The predicted molar refractivity (Wildman–Crippen MR) is 297 cm³/mol. The van der Waals surface area contributed by atoms with E-state index in [-0.39, 0.29) is 51.4 Å². The van der Waals surface area contributed by atoms with Gasteiger partial charge in [-0.05, 0) is 67.2 Å². The molecular formula is C57H76FN11O10. The Balaban J connectivity index is 0.00000317. The molecule has 79 heavy (non-hydrogen) atoms. The number of ether oxygens (including phenoxy) is 1. The average Bonchev–Trinajstić information content (AvgIpc) is 4.19. The highest BCUT2D eigenvalue weighted by Crippen LogP contribution is 2.38. The minimum Gasteiger partial charge on any atom is -0.491 e. The Bertz CT molecular complexity index is 2870. The molecule has 3 heterocycles. The number of rotatable bonds is 27. The summed E-state index contributed by atoms with van der Waals surface area (Å²) in [5.74, 6) is -4.16. The lowest BCUT2D eigenvalue weighted by atomic mass is 9.98. The number of nitrogens with zero attached hydrogens (tertiary/aromatic N) is 6. The topological polar surface area (TPSA) is 276 Å². The first-order valence-corrected chi connectivity index (χ1v) is 26.2. The molecule has 1 aliphatic rings. The van der Waals surface area contributed by atoms with E-state index >= 15 is 0 Å². The first-order chi connectivity index (χ1) is 37.8. The Morgan fingerprint density at radius 3 is 2.24 bits per heavy atom. The van der Waals surface area contributed by atoms with Crippen molar-refractivity contribution in [1.29, 1.82) is 0 Å². The third-order valence-corrected chi connectivity index (χ3v) is 11.9. The number of pyridine rings is 1. The summed E-state index contributed by atoms with van der Waals surface area (Å²) < 4.78 is 22.0. The second-order valence-corrected chi connectivity index (χ2v) is 18.2. The number of allylic oxidation sites excluding steroid dienone is 2. The fraction of sp³-hybridized carbons (Fsp3) is 0.421. The van der Waals surface area contributed by atoms with E-state index < -0.39 is 72.8 Å². The maximum Gasteiger partial charge on any atom is 0.252 e. The monoisotopic (exact) mass is 1090 g/mol. The average molecular weight is 1090 g/mol. The van der Waals surface area contributed by atoms with Gasteiger partial charge in [0.25, 0.3) is 5.91 Å². The van der Waals surface area contributed by atoms with E-state index in [0.717, 1.165) is 22.1 Å². The largest absolute Gasteiger partial charge is 0.491 e. The highest BCUT2D eigenvalue weighted by atomic mass is 19.1. The van der Waals surface area contributed by atoms with E-state index in [1.165, 1.54) is 19.4 Å². The number of carbonyl (C=O) groups excluding carboxylic acids is 8. The van der Waals surface area contributed by atoms with Gasteiger partial charge in [-0.1, -0.05) is 89.2 Å². The number of aliphatic hydroxyl groups is 1. The molecule has 2 aromatic heterocycles. The van der Waals surface area contributed by atoms with Gasteiger partial charge in [-0.3, -0.25) is 43.3 Å². The predicted octanol–water partition coefficient (Wildman–Crippen LogP) is 4.40. The molecule has 22 heteroatoms. The van der Waals surface area contributed by atoms with Gasteiger partial charge >= 0.3 is 0 Å². The van der Waals surface area contributed by atoms with Gasteiger partial charge < -0.3 is 41.3 Å². The highest BCUT2D eigenvalue weighted by Gasteiger charge is 2.29. The van der Waals surface area contributed by atoms with Gasteiger partial charge in [-0.25, -0.2) is 14.1 Å². The highest BCUT2D eigenvalue weighted by molar-refractivity contribution is 6.00. The van der Waals surface area contributed by atoms with Crippen LogP contribution in [0.1, 0.15) is 107 Å². The van der Waals surface area contributed by atoms with Crippen LogP contribution >= 0.6 is 0 Å². The fourth-order valence-electron chi connectivity index (χ4n) is 7.79. The van der Waals surface area contributed by atoms with Crippen LogP contribution in [-0.4, -0.2) is 135 Å². The minimum absolute atomic E-state index is 0.0467. The molecule has 0 fully saturated rings. The molecule has 0 saturated carbocycles. The molecular weight excluding hydrogens is 1020 g/mol. The van der Waals surface area contributed by atoms with Crippen LogP contribution < -0.4 is 26.6 Å². The molecule has 6 N–H and O–H groups in total. The summed E-state index contributed by atoms with van der Waals surface area (Å²) in [7, 11) is 1.87. The number of benzene rings is 2. The zero-order valence-corrected chi connectivity index (χ0v) is 46.6. The Morgan fingerprint density at radius 1 is 0.924 bits per heavy atom. The molecule has 1 unspecified atom stereocenters. The molecule has 1 aliphatic heterocycles. The molecule has 21 nitrogen and oxygen atoms in total. The van der Waals surface area contributed by atoms with Crippen LogP contribution in [0.15, 0.2) is 90.9 Å². The van der Waals surface area contributed by atoms with Crippen LogP contribution in [0.2, 0.25) is 0 Å². The second-order valence-electron chi connectivity index (χ2n) is 18.2. The summed E-state index contributed by atoms with van der Waals surface area (Å²) in [5.41, 5.74) is 5.85. The number of hydrogen-bond donors (Lipinski definition) is 6. The first kappa shape index (κ1) is 64.9. The van der Waals surface area contributed by atoms with Crippen molar-refractivity contribution in [2.75, 3.05) is 46.4 Å². The first-order valence-electron chi connectivity index (χ1n) is 26.2. The van der Waals surface area contributed by atoms with Crippen molar-refractivity contribution in [1.82, 2.24) is 56.4 Å². The van der Waals surface area contributed by atoms with E-state index in [1.54, 1.807) is 67.2 Å². The number of halogens is 1. The van der Waals surface area contributed by atoms with Gasteiger partial charge in [0, 0.05) is 62.5 Å². The SMILES string of the molecule is C=CC(=O)N(CCCCCC(=O)NCC(=O)NCC(=O)NC(Cc1ccccc1)C(=O)NCC(=O)NCc1cn(Cc2c3c(nc4cc(F)c(C)cc24)/C(=C/C(C)=C(\C=O)COC(=C)CO)N(C)C3)nn1)C(C)=O.CC.CCC. The lowest BCUT2D eigenvalue weighted by Crippen LogP contribution is -2.52. The molecule has 2 aromatic carbocycles. The van der Waals surface area contributed by atoms with Crippen molar-refractivity contribution in [2.24, 2.45) is 0 Å². The number of aryl methyl sites for hydroxylation is 1. The van der Waals surface area contributed by atoms with Crippen LogP contribution in [0, 0.1) is 12.7 Å². The maximum absolute atomic E-state index is 15.0. The van der Waals surface area contributed by atoms with Gasteiger partial charge in [-0.15, -0.1) is 5.10 Å². The van der Waals surface area contributed by atoms with E-state index in [1.807, 2.05) is 25.8 Å². The molecule has 0 aliphatic carbocycles. The van der Waals surface area contributed by atoms with Crippen molar-refractivity contribution in [2.45, 2.75) is 113 Å². The molecule has 426 valence electrons. The summed E-state index contributed by atoms with van der Waals surface area (Å²) in [6.07, 6.45) is 8.10. The molecule has 0 spiro atoms. The number of aliphatic hydroxyl groups excluding tert-OH is 1. The van der Waals surface area contributed by atoms with Crippen LogP contribution in [0.25, 0.3) is 16.6 Å². The zero-order chi connectivity index (χ0) is 58.6. The summed E-state index contributed by atoms with van der Waals surface area (Å²) >= 11 is 0. The number of hydrogen-bond acceptors (Lipinski definition) is 14. The van der Waals surface area contributed by atoms with Gasteiger partial charge in [0.05, 0.1) is 62.4 Å². The molecule has 1 atom stereocenters. The Morgan fingerprint density at radius 2 is 1.58 bits per heavy atom. The molecule has 7 amide bonds. The Kier molecular flexibility index (Phi) is 27.7. The standard InChI is InChI=1S/C52H62FN11O10.C3H8.C2H6/c1-7-50(72)64(35(5)67)17-13-9-12-16-46(68)55-23-47(69)56-25-49(71)58-44(20-36-14-10-8-11-15-36)52(73)57-24-48(70)54-22-38-26-63(61-60-38)28-40-39-18-33(3)42(53)21-43(39)59-51-41(40)27-62(6)45(51)19-32(2)37(30-66)31-74-34(4)29-65;1-3-2;1-2/h7-8,10-11,14-15,18-19,21,26,30,44,65H,1,4,9,12-13,16-17,20,22-25,27-29,31H2,2-3,5-6H3,(H,54,70)(H,55,68)(H,56,69)(H,57,73)(H,58,71);3H2,1-2H3;1-2H3/b37-32+,45-19-;;. The molecule has 0 radical (unpaired) electrons. The second kappa shape index (κ2) is 33.7.